The molecule has 1 aromatic carbocycles. The minimum absolute atomic E-state index is 0.0861. The van der Waals surface area contributed by atoms with Crippen molar-refractivity contribution < 1.29 is 17.9 Å². The number of carbonyl (C=O) groups is 1. The lowest BCUT2D eigenvalue weighted by Crippen LogP contribution is -2.37. The molecule has 1 aromatic rings. The van der Waals surface area contributed by atoms with Gasteiger partial charge in [0.15, 0.2) is 0 Å². The Kier molecular flexibility index (Phi) is 7.90. The minimum atomic E-state index is -3.37. The van der Waals surface area contributed by atoms with Crippen molar-refractivity contribution >= 4 is 16.0 Å². The zero-order valence-corrected chi connectivity index (χ0v) is 15.8. The molecule has 140 valence electrons. The normalized spacial score (nSPS) is 17.2. The van der Waals surface area contributed by atoms with Crippen LogP contribution in [0.15, 0.2) is 30.3 Å². The molecule has 0 bridgehead atoms. The first-order valence-corrected chi connectivity index (χ1v) is 10.8. The summed E-state index contributed by atoms with van der Waals surface area (Å²) in [6, 6.07) is 9.59. The van der Waals surface area contributed by atoms with Crippen molar-refractivity contribution in [3.63, 3.8) is 0 Å². The van der Waals surface area contributed by atoms with Crippen LogP contribution in [0.5, 0.6) is 0 Å². The van der Waals surface area contributed by atoms with Crippen LogP contribution in [0, 0.1) is 11.8 Å². The summed E-state index contributed by atoms with van der Waals surface area (Å²) in [4.78, 5) is 12.2. The molecular formula is C19H29NO4S. The summed E-state index contributed by atoms with van der Waals surface area (Å²) in [6.45, 7) is 2.13. The Labute approximate surface area is 151 Å². The van der Waals surface area contributed by atoms with E-state index in [1.165, 1.54) is 6.42 Å². The van der Waals surface area contributed by atoms with E-state index in [-0.39, 0.29) is 24.2 Å². The van der Waals surface area contributed by atoms with Gasteiger partial charge in [-0.2, -0.15) is 0 Å². The summed E-state index contributed by atoms with van der Waals surface area (Å²) in [7, 11) is -3.37. The third-order valence-electron chi connectivity index (χ3n) is 4.67. The standard InChI is InChI=1S/C19H29NO4S/c1-2-24-19(21)18(13-16-9-5-3-6-10-16)14-20-25(22,23)15-17-11-7-4-8-12-17/h3,5-6,9-10,17-18,20H,2,4,7-8,11-15H2,1H3. The minimum Gasteiger partial charge on any atom is -0.466 e. The monoisotopic (exact) mass is 367 g/mol. The first-order valence-electron chi connectivity index (χ1n) is 9.18. The molecule has 0 aromatic heterocycles. The predicted octanol–water partition coefficient (Wildman–Crippen LogP) is 2.91. The van der Waals surface area contributed by atoms with E-state index in [0.717, 1.165) is 31.2 Å². The summed E-state index contributed by atoms with van der Waals surface area (Å²) in [5.74, 6) is -0.468. The molecule has 0 spiro atoms. The van der Waals surface area contributed by atoms with Crippen LogP contribution < -0.4 is 4.72 Å². The van der Waals surface area contributed by atoms with E-state index < -0.39 is 15.9 Å². The Morgan fingerprint density at radius 2 is 1.88 bits per heavy atom. The largest absolute Gasteiger partial charge is 0.466 e. The van der Waals surface area contributed by atoms with Crippen LogP contribution in [-0.2, 0) is 26.0 Å². The highest BCUT2D eigenvalue weighted by Gasteiger charge is 2.25. The van der Waals surface area contributed by atoms with Crippen molar-refractivity contribution in [2.45, 2.75) is 45.4 Å². The van der Waals surface area contributed by atoms with E-state index in [1.54, 1.807) is 6.92 Å². The van der Waals surface area contributed by atoms with Crippen LogP contribution in [0.4, 0.5) is 0 Å². The fourth-order valence-electron chi connectivity index (χ4n) is 3.35. The molecule has 1 N–H and O–H groups in total. The molecule has 5 nitrogen and oxygen atoms in total. The van der Waals surface area contributed by atoms with Crippen molar-refractivity contribution in [2.75, 3.05) is 18.9 Å². The third kappa shape index (κ3) is 7.16. The second kappa shape index (κ2) is 9.92. The maximum atomic E-state index is 12.4. The number of sulfonamides is 1. The highest BCUT2D eigenvalue weighted by atomic mass is 32.2. The number of benzene rings is 1. The fraction of sp³-hybridized carbons (Fsp3) is 0.632. The molecular weight excluding hydrogens is 338 g/mol. The maximum Gasteiger partial charge on any atom is 0.310 e. The van der Waals surface area contributed by atoms with Gasteiger partial charge in [-0.3, -0.25) is 4.79 Å². The maximum absolute atomic E-state index is 12.4. The molecule has 0 heterocycles. The fourth-order valence-corrected chi connectivity index (χ4v) is 4.88. The molecule has 1 aliphatic rings. The van der Waals surface area contributed by atoms with Crippen molar-refractivity contribution in [1.82, 2.24) is 4.72 Å². The molecule has 0 aliphatic heterocycles. The second-order valence-corrected chi connectivity index (χ2v) is 8.62. The Balaban J connectivity index is 1.94. The Hall–Kier alpha value is -1.40. The molecule has 0 radical (unpaired) electrons. The highest BCUT2D eigenvalue weighted by Crippen LogP contribution is 2.24. The van der Waals surface area contributed by atoms with Crippen molar-refractivity contribution in [1.29, 1.82) is 0 Å². The highest BCUT2D eigenvalue weighted by molar-refractivity contribution is 7.89. The lowest BCUT2D eigenvalue weighted by Gasteiger charge is -2.22. The number of nitrogens with one attached hydrogen (secondary N) is 1. The van der Waals surface area contributed by atoms with Gasteiger partial charge in [-0.15, -0.1) is 0 Å². The number of hydrogen-bond acceptors (Lipinski definition) is 4. The number of esters is 1. The molecule has 1 fully saturated rings. The topological polar surface area (TPSA) is 72.5 Å². The van der Waals surface area contributed by atoms with Gasteiger partial charge in [0.05, 0.1) is 18.3 Å². The SMILES string of the molecule is CCOC(=O)C(CNS(=O)(=O)CC1CCCCC1)Cc1ccccc1. The quantitative estimate of drug-likeness (QED) is 0.681. The van der Waals surface area contributed by atoms with E-state index in [2.05, 4.69) is 4.72 Å². The molecule has 1 atom stereocenters. The lowest BCUT2D eigenvalue weighted by molar-refractivity contribution is -0.147. The van der Waals surface area contributed by atoms with Gasteiger partial charge in [-0.05, 0) is 37.7 Å². The van der Waals surface area contributed by atoms with E-state index in [4.69, 9.17) is 4.74 Å². The van der Waals surface area contributed by atoms with Gasteiger partial charge < -0.3 is 4.74 Å². The zero-order chi connectivity index (χ0) is 18.1. The zero-order valence-electron chi connectivity index (χ0n) is 14.9. The van der Waals surface area contributed by atoms with Gasteiger partial charge in [0.2, 0.25) is 10.0 Å². The number of hydrogen-bond donors (Lipinski definition) is 1. The summed E-state index contributed by atoms with van der Waals surface area (Å²) >= 11 is 0. The molecule has 1 saturated carbocycles. The van der Waals surface area contributed by atoms with Gasteiger partial charge in [-0.1, -0.05) is 49.6 Å². The molecule has 2 rings (SSSR count). The third-order valence-corrected chi connectivity index (χ3v) is 6.19. The van der Waals surface area contributed by atoms with Crippen molar-refractivity contribution in [3.05, 3.63) is 35.9 Å². The smallest absolute Gasteiger partial charge is 0.310 e. The van der Waals surface area contributed by atoms with Crippen LogP contribution in [0.3, 0.4) is 0 Å². The number of rotatable bonds is 9. The molecule has 0 amide bonds. The summed E-state index contributed by atoms with van der Waals surface area (Å²) in [5.41, 5.74) is 0.993. The average Bonchev–Trinajstić information content (AvgIpc) is 2.60. The number of ether oxygens (including phenoxy) is 1. The summed E-state index contributed by atoms with van der Waals surface area (Å²) < 4.78 is 32.5. The van der Waals surface area contributed by atoms with Crippen LogP contribution >= 0.6 is 0 Å². The Morgan fingerprint density at radius 3 is 2.52 bits per heavy atom. The van der Waals surface area contributed by atoms with Gasteiger partial charge in [0.25, 0.3) is 0 Å². The molecule has 1 aliphatic carbocycles. The van der Waals surface area contributed by atoms with Crippen LogP contribution in [0.1, 0.15) is 44.6 Å². The molecule has 6 heteroatoms. The van der Waals surface area contributed by atoms with E-state index in [1.807, 2.05) is 30.3 Å². The summed E-state index contributed by atoms with van der Waals surface area (Å²) in [5, 5.41) is 0. The molecule has 0 saturated heterocycles. The van der Waals surface area contributed by atoms with Gasteiger partial charge >= 0.3 is 5.97 Å². The van der Waals surface area contributed by atoms with E-state index in [0.29, 0.717) is 13.0 Å². The first-order chi connectivity index (χ1) is 12.0. The number of carbonyl (C=O) groups excluding carboxylic acids is 1. The Bertz CT molecular complexity index is 624. The first kappa shape index (κ1) is 19.9. The summed E-state index contributed by atoms with van der Waals surface area (Å²) in [6.07, 6.45) is 5.84. The van der Waals surface area contributed by atoms with E-state index >= 15 is 0 Å². The van der Waals surface area contributed by atoms with Gasteiger partial charge in [0, 0.05) is 6.54 Å². The van der Waals surface area contributed by atoms with Crippen molar-refractivity contribution in [2.24, 2.45) is 11.8 Å². The predicted molar refractivity (Wildman–Crippen MR) is 98.6 cm³/mol. The van der Waals surface area contributed by atoms with E-state index in [9.17, 15) is 13.2 Å². The van der Waals surface area contributed by atoms with Crippen molar-refractivity contribution in [3.8, 4) is 0 Å². The van der Waals surface area contributed by atoms with Crippen LogP contribution in [0.2, 0.25) is 0 Å². The van der Waals surface area contributed by atoms with Crippen LogP contribution in [0.25, 0.3) is 0 Å². The second-order valence-electron chi connectivity index (χ2n) is 6.77. The molecule has 1 unspecified atom stereocenters. The van der Waals surface area contributed by atoms with Gasteiger partial charge in [-0.25, -0.2) is 13.1 Å². The Morgan fingerprint density at radius 1 is 1.20 bits per heavy atom. The average molecular weight is 368 g/mol. The van der Waals surface area contributed by atoms with Gasteiger partial charge in [0.1, 0.15) is 0 Å². The lowest BCUT2D eigenvalue weighted by atomic mass is 9.91. The van der Waals surface area contributed by atoms with Crippen LogP contribution in [-0.4, -0.2) is 33.3 Å². The molecule has 25 heavy (non-hydrogen) atoms.